The fraction of sp³-hybridized carbons (Fsp3) is 0.250. The molecule has 0 bridgehead atoms. The van der Waals surface area contributed by atoms with Crippen LogP contribution in [-0.2, 0) is 22.6 Å². The molecule has 1 heterocycles. The third kappa shape index (κ3) is 8.38. The molecule has 5 N–H and O–H groups in total. The van der Waals surface area contributed by atoms with E-state index in [4.69, 9.17) is 11.0 Å². The number of hydrogen-bond acceptors (Lipinski definition) is 5. The fourth-order valence-corrected chi connectivity index (χ4v) is 4.73. The molecule has 0 aliphatic rings. The van der Waals surface area contributed by atoms with Gasteiger partial charge in [-0.1, -0.05) is 79.7 Å². The van der Waals surface area contributed by atoms with E-state index in [0.717, 1.165) is 41.7 Å². The maximum absolute atomic E-state index is 12.7. The lowest BCUT2D eigenvalue weighted by Gasteiger charge is -2.23. The van der Waals surface area contributed by atoms with Crippen LogP contribution in [0.15, 0.2) is 91.1 Å². The monoisotopic (exact) mass is 539 g/mol. The number of nitrogens with one attached hydrogen (secondary N) is 2. The van der Waals surface area contributed by atoms with Crippen LogP contribution >= 0.6 is 0 Å². The Labute approximate surface area is 235 Å². The first kappa shape index (κ1) is 28.8. The van der Waals surface area contributed by atoms with Gasteiger partial charge in [-0.15, -0.1) is 5.17 Å². The van der Waals surface area contributed by atoms with E-state index in [2.05, 4.69) is 58.7 Å². The molecule has 0 fully saturated rings. The average Bonchev–Trinajstić information content (AvgIpc) is 3.38. The lowest BCUT2D eigenvalue weighted by Crippen LogP contribution is -2.36. The molecular weight excluding hydrogens is 502 g/mol. The third-order valence-corrected chi connectivity index (χ3v) is 7.01. The van der Waals surface area contributed by atoms with Crippen LogP contribution in [0.3, 0.4) is 0 Å². The highest BCUT2D eigenvalue weighted by atomic mass is 16.5. The molecule has 8 nitrogen and oxygen atoms in total. The molecule has 0 aliphatic heterocycles. The summed E-state index contributed by atoms with van der Waals surface area (Å²) in [5.74, 6) is 4.55. The number of amides is 2. The largest absolute Gasteiger partial charge is 0.361 e. The quantitative estimate of drug-likeness (QED) is 0.0650. The number of fused-ring (bicyclic) bond motifs is 1. The SMILES string of the molecule is CC(CC(=O)NCCN(CCc1c[nH]c2ccccc12)Cc1ccc(/C=C/C(=O)N(N)O)cc1)c1ccccc1. The van der Waals surface area contributed by atoms with Gasteiger partial charge >= 0.3 is 0 Å². The first-order valence-electron chi connectivity index (χ1n) is 13.5. The van der Waals surface area contributed by atoms with Crippen molar-refractivity contribution in [1.82, 2.24) is 20.4 Å². The van der Waals surface area contributed by atoms with E-state index < -0.39 is 5.91 Å². The summed E-state index contributed by atoms with van der Waals surface area (Å²) in [7, 11) is 0. The number of nitrogens with two attached hydrogens (primary N) is 1. The number of benzene rings is 3. The molecule has 8 heteroatoms. The van der Waals surface area contributed by atoms with E-state index in [9.17, 15) is 9.59 Å². The first-order valence-corrected chi connectivity index (χ1v) is 13.5. The van der Waals surface area contributed by atoms with Crippen LogP contribution in [-0.4, -0.2) is 51.7 Å². The molecular formula is C32H37N5O3. The number of carbonyl (C=O) groups excluding carboxylic acids is 2. The van der Waals surface area contributed by atoms with Gasteiger partial charge in [0.05, 0.1) is 0 Å². The lowest BCUT2D eigenvalue weighted by molar-refractivity contribution is -0.160. The van der Waals surface area contributed by atoms with Gasteiger partial charge < -0.3 is 10.3 Å². The van der Waals surface area contributed by atoms with Crippen LogP contribution in [0.1, 0.15) is 41.5 Å². The number of hydrazine groups is 1. The molecule has 40 heavy (non-hydrogen) atoms. The Kier molecular flexibility index (Phi) is 10.2. The van der Waals surface area contributed by atoms with Gasteiger partial charge in [0.15, 0.2) is 0 Å². The number of aromatic amines is 1. The van der Waals surface area contributed by atoms with Crippen molar-refractivity contribution in [3.05, 3.63) is 113 Å². The minimum atomic E-state index is -0.701. The van der Waals surface area contributed by atoms with Crippen molar-refractivity contribution in [3.8, 4) is 0 Å². The van der Waals surface area contributed by atoms with Crippen molar-refractivity contribution in [1.29, 1.82) is 0 Å². The van der Waals surface area contributed by atoms with Gasteiger partial charge in [0.25, 0.3) is 5.91 Å². The van der Waals surface area contributed by atoms with Gasteiger partial charge in [0.2, 0.25) is 5.91 Å². The molecule has 2 amide bonds. The average molecular weight is 540 g/mol. The predicted molar refractivity (Wildman–Crippen MR) is 158 cm³/mol. The summed E-state index contributed by atoms with van der Waals surface area (Å²) < 4.78 is 0. The second kappa shape index (κ2) is 14.2. The standard InChI is InChI=1S/C32H37N5O3/c1-24(27-7-3-2-4-8-27)21-31(38)34-18-20-36(19-17-28-22-35-30-10-6-5-9-29(28)30)23-26-13-11-25(12-14-26)15-16-32(39)37(33)40/h2-16,22,24,35,40H,17-21,23,33H2,1H3,(H,34,38)/b16-15+. The molecule has 0 spiro atoms. The highest BCUT2D eigenvalue weighted by molar-refractivity contribution is 5.90. The Bertz CT molecular complexity index is 1410. The molecule has 208 valence electrons. The van der Waals surface area contributed by atoms with Gasteiger partial charge in [0.1, 0.15) is 0 Å². The van der Waals surface area contributed by atoms with Gasteiger partial charge in [-0.05, 0) is 46.7 Å². The summed E-state index contributed by atoms with van der Waals surface area (Å²) in [5.41, 5.74) is 5.50. The number of hydrogen-bond donors (Lipinski definition) is 4. The van der Waals surface area contributed by atoms with Crippen molar-refractivity contribution < 1.29 is 14.8 Å². The topological polar surface area (TPSA) is 115 Å². The summed E-state index contributed by atoms with van der Waals surface area (Å²) in [6.07, 6.45) is 6.22. The Balaban J connectivity index is 1.36. The number of rotatable bonds is 13. The molecule has 3 aromatic carbocycles. The highest BCUT2D eigenvalue weighted by Gasteiger charge is 2.13. The molecule has 0 radical (unpaired) electrons. The van der Waals surface area contributed by atoms with E-state index in [1.54, 1.807) is 6.08 Å². The first-order chi connectivity index (χ1) is 19.4. The summed E-state index contributed by atoms with van der Waals surface area (Å²) in [6.45, 7) is 4.90. The van der Waals surface area contributed by atoms with Crippen molar-refractivity contribution in [3.63, 3.8) is 0 Å². The summed E-state index contributed by atoms with van der Waals surface area (Å²) >= 11 is 0. The normalized spacial score (nSPS) is 12.2. The molecule has 0 saturated carbocycles. The third-order valence-electron chi connectivity index (χ3n) is 7.01. The van der Waals surface area contributed by atoms with E-state index in [-0.39, 0.29) is 17.0 Å². The second-order valence-corrected chi connectivity index (χ2v) is 10.0. The second-order valence-electron chi connectivity index (χ2n) is 10.0. The van der Waals surface area contributed by atoms with Crippen LogP contribution < -0.4 is 11.2 Å². The van der Waals surface area contributed by atoms with Crippen molar-refractivity contribution in [2.75, 3.05) is 19.6 Å². The van der Waals surface area contributed by atoms with Crippen molar-refractivity contribution in [2.45, 2.75) is 32.2 Å². The van der Waals surface area contributed by atoms with Crippen molar-refractivity contribution >= 4 is 28.8 Å². The number of para-hydroxylation sites is 1. The fourth-order valence-electron chi connectivity index (χ4n) is 4.73. The summed E-state index contributed by atoms with van der Waals surface area (Å²) in [6, 6.07) is 26.3. The Hall–Kier alpha value is -4.24. The maximum atomic E-state index is 12.7. The lowest BCUT2D eigenvalue weighted by atomic mass is 9.98. The zero-order valence-electron chi connectivity index (χ0n) is 22.8. The minimum Gasteiger partial charge on any atom is -0.361 e. The van der Waals surface area contributed by atoms with Crippen LogP contribution in [0.5, 0.6) is 0 Å². The van der Waals surface area contributed by atoms with E-state index in [1.165, 1.54) is 17.0 Å². The van der Waals surface area contributed by atoms with Crippen LogP contribution in [0.2, 0.25) is 0 Å². The molecule has 0 saturated heterocycles. The zero-order chi connectivity index (χ0) is 28.3. The van der Waals surface area contributed by atoms with Gasteiger partial charge in [-0.2, -0.15) is 0 Å². The summed E-state index contributed by atoms with van der Waals surface area (Å²) in [4.78, 5) is 29.8. The molecule has 4 rings (SSSR count). The van der Waals surface area contributed by atoms with Gasteiger partial charge in [0, 0.05) is 55.8 Å². The van der Waals surface area contributed by atoms with E-state index in [0.29, 0.717) is 19.5 Å². The van der Waals surface area contributed by atoms with E-state index >= 15 is 0 Å². The number of nitrogens with zero attached hydrogens (tertiary/aromatic N) is 2. The maximum Gasteiger partial charge on any atom is 0.284 e. The zero-order valence-corrected chi connectivity index (χ0v) is 22.8. The van der Waals surface area contributed by atoms with E-state index in [1.807, 2.05) is 48.5 Å². The number of aromatic nitrogens is 1. The summed E-state index contributed by atoms with van der Waals surface area (Å²) in [5, 5.41) is 13.4. The Morgan fingerprint density at radius 3 is 2.48 bits per heavy atom. The van der Waals surface area contributed by atoms with Gasteiger partial charge in [-0.3, -0.25) is 19.7 Å². The number of carbonyl (C=O) groups is 2. The molecule has 1 unspecified atom stereocenters. The smallest absolute Gasteiger partial charge is 0.284 e. The van der Waals surface area contributed by atoms with Crippen LogP contribution in [0.25, 0.3) is 17.0 Å². The van der Waals surface area contributed by atoms with Gasteiger partial charge in [-0.25, -0.2) is 5.84 Å². The van der Waals surface area contributed by atoms with Crippen LogP contribution in [0, 0.1) is 0 Å². The van der Waals surface area contributed by atoms with Crippen LogP contribution in [0.4, 0.5) is 0 Å². The minimum absolute atomic E-state index is 0.0531. The van der Waals surface area contributed by atoms with Crippen molar-refractivity contribution in [2.24, 2.45) is 5.84 Å². The predicted octanol–water partition coefficient (Wildman–Crippen LogP) is 4.63. The molecule has 4 aromatic rings. The molecule has 1 atom stereocenters. The number of H-pyrrole nitrogens is 1. The molecule has 0 aliphatic carbocycles. The number of hydroxylamine groups is 1. The Morgan fingerprint density at radius 1 is 1.00 bits per heavy atom. The Morgan fingerprint density at radius 2 is 1.73 bits per heavy atom. The molecule has 1 aromatic heterocycles. The highest BCUT2D eigenvalue weighted by Crippen LogP contribution is 2.20.